The molecule has 0 aliphatic carbocycles. The second kappa shape index (κ2) is 9.14. The molecule has 3 aromatic rings. The number of pyridine rings is 1. The molecule has 0 aliphatic heterocycles. The van der Waals surface area contributed by atoms with Gasteiger partial charge in [-0.05, 0) is 48.4 Å². The van der Waals surface area contributed by atoms with Crippen LogP contribution in [0.5, 0.6) is 5.75 Å². The molecule has 3 rings (SSSR count). The van der Waals surface area contributed by atoms with Crippen LogP contribution in [0.25, 0.3) is 10.9 Å². The minimum atomic E-state index is -0.000300. The van der Waals surface area contributed by atoms with Crippen LogP contribution < -0.4 is 4.74 Å². The van der Waals surface area contributed by atoms with E-state index < -0.39 is 0 Å². The van der Waals surface area contributed by atoms with Gasteiger partial charge in [0.25, 0.3) is 5.91 Å². The zero-order valence-corrected chi connectivity index (χ0v) is 15.7. The predicted molar refractivity (Wildman–Crippen MR) is 106 cm³/mol. The lowest BCUT2D eigenvalue weighted by atomic mass is 10.1. The fourth-order valence-corrected chi connectivity index (χ4v) is 3.03. The molecule has 0 spiro atoms. The van der Waals surface area contributed by atoms with Crippen molar-refractivity contribution in [3.63, 3.8) is 0 Å². The summed E-state index contributed by atoms with van der Waals surface area (Å²) in [5.74, 6) is 0.785. The molecule has 1 heterocycles. The van der Waals surface area contributed by atoms with E-state index in [1.54, 1.807) is 20.4 Å². The molecule has 5 heteroatoms. The lowest BCUT2D eigenvalue weighted by Gasteiger charge is -2.23. The molecule has 0 saturated heterocycles. The van der Waals surface area contributed by atoms with Gasteiger partial charge < -0.3 is 14.4 Å². The van der Waals surface area contributed by atoms with Crippen molar-refractivity contribution in [2.24, 2.45) is 0 Å². The summed E-state index contributed by atoms with van der Waals surface area (Å²) < 4.78 is 10.5. The van der Waals surface area contributed by atoms with Crippen LogP contribution in [-0.2, 0) is 11.3 Å². The van der Waals surface area contributed by atoms with Crippen molar-refractivity contribution in [2.75, 3.05) is 27.4 Å². The van der Waals surface area contributed by atoms with E-state index in [1.165, 1.54) is 0 Å². The Morgan fingerprint density at radius 1 is 1.07 bits per heavy atom. The summed E-state index contributed by atoms with van der Waals surface area (Å²) in [7, 11) is 3.31. The number of amides is 1. The number of fused-ring (bicyclic) bond motifs is 1. The molecule has 0 fully saturated rings. The highest BCUT2D eigenvalue weighted by Gasteiger charge is 2.17. The van der Waals surface area contributed by atoms with Crippen molar-refractivity contribution < 1.29 is 14.3 Å². The summed E-state index contributed by atoms with van der Waals surface area (Å²) in [6.07, 6.45) is 2.53. The van der Waals surface area contributed by atoms with Gasteiger partial charge in [-0.3, -0.25) is 9.78 Å². The van der Waals surface area contributed by atoms with E-state index in [1.807, 2.05) is 59.5 Å². The Morgan fingerprint density at radius 2 is 1.96 bits per heavy atom. The minimum absolute atomic E-state index is 0.000300. The minimum Gasteiger partial charge on any atom is -0.497 e. The van der Waals surface area contributed by atoms with Crippen LogP contribution in [0.15, 0.2) is 60.8 Å². The second-order valence-corrected chi connectivity index (χ2v) is 6.34. The van der Waals surface area contributed by atoms with Crippen molar-refractivity contribution >= 4 is 16.8 Å². The lowest BCUT2D eigenvalue weighted by molar-refractivity contribution is 0.0723. The number of nitrogens with zero attached hydrogens (tertiary/aromatic N) is 2. The highest BCUT2D eigenvalue weighted by atomic mass is 16.5. The average Bonchev–Trinajstić information content (AvgIpc) is 2.72. The van der Waals surface area contributed by atoms with Gasteiger partial charge in [-0.15, -0.1) is 0 Å². The second-order valence-electron chi connectivity index (χ2n) is 6.34. The first-order valence-corrected chi connectivity index (χ1v) is 8.97. The molecule has 0 unspecified atom stereocenters. The zero-order valence-electron chi connectivity index (χ0n) is 15.7. The molecule has 5 nitrogen and oxygen atoms in total. The maximum absolute atomic E-state index is 13.2. The third kappa shape index (κ3) is 4.83. The highest BCUT2D eigenvalue weighted by Crippen LogP contribution is 2.18. The third-order valence-corrected chi connectivity index (χ3v) is 4.42. The van der Waals surface area contributed by atoms with E-state index >= 15 is 0 Å². The molecule has 0 radical (unpaired) electrons. The van der Waals surface area contributed by atoms with Crippen molar-refractivity contribution in [2.45, 2.75) is 13.0 Å². The zero-order chi connectivity index (χ0) is 19.1. The van der Waals surface area contributed by atoms with Gasteiger partial charge in [0, 0.05) is 44.0 Å². The van der Waals surface area contributed by atoms with Crippen LogP contribution >= 0.6 is 0 Å². The quantitative estimate of drug-likeness (QED) is 0.569. The fraction of sp³-hybridized carbons (Fsp3) is 0.273. The monoisotopic (exact) mass is 364 g/mol. The normalized spacial score (nSPS) is 10.7. The predicted octanol–water partition coefficient (Wildman–Crippen LogP) is 3.92. The van der Waals surface area contributed by atoms with Crippen LogP contribution in [0, 0.1) is 0 Å². The number of methoxy groups -OCH3 is 2. The molecule has 1 aromatic heterocycles. The van der Waals surface area contributed by atoms with E-state index in [0.717, 1.165) is 28.6 Å². The van der Waals surface area contributed by atoms with Crippen molar-refractivity contribution in [3.05, 3.63) is 71.9 Å². The maximum atomic E-state index is 13.2. The maximum Gasteiger partial charge on any atom is 0.254 e. The van der Waals surface area contributed by atoms with Crippen LogP contribution in [0.2, 0.25) is 0 Å². The average molecular weight is 364 g/mol. The van der Waals surface area contributed by atoms with E-state index in [9.17, 15) is 4.79 Å². The summed E-state index contributed by atoms with van der Waals surface area (Å²) >= 11 is 0. The topological polar surface area (TPSA) is 51.7 Å². The van der Waals surface area contributed by atoms with E-state index in [0.29, 0.717) is 25.3 Å². The van der Waals surface area contributed by atoms with Gasteiger partial charge in [-0.25, -0.2) is 0 Å². The molecule has 27 heavy (non-hydrogen) atoms. The highest BCUT2D eigenvalue weighted by molar-refractivity contribution is 5.97. The Morgan fingerprint density at radius 3 is 2.78 bits per heavy atom. The van der Waals surface area contributed by atoms with Gasteiger partial charge in [0.1, 0.15) is 5.75 Å². The standard InChI is InChI=1S/C22H24N2O3/c1-26-13-5-12-24(16-17-6-3-8-20(14-17)27-2)22(25)19-9-10-21-18(15-19)7-4-11-23-21/h3-4,6-11,14-15H,5,12-13,16H2,1-2H3. The first-order valence-electron chi connectivity index (χ1n) is 8.97. The smallest absolute Gasteiger partial charge is 0.254 e. The van der Waals surface area contributed by atoms with Gasteiger partial charge >= 0.3 is 0 Å². The molecule has 0 bridgehead atoms. The molecule has 2 aromatic carbocycles. The van der Waals surface area contributed by atoms with Crippen molar-refractivity contribution in [3.8, 4) is 5.75 Å². The number of carbonyl (C=O) groups is 1. The first kappa shape index (κ1) is 18.9. The summed E-state index contributed by atoms with van der Waals surface area (Å²) in [6, 6.07) is 17.3. The third-order valence-electron chi connectivity index (χ3n) is 4.42. The van der Waals surface area contributed by atoms with Crippen LogP contribution in [-0.4, -0.2) is 43.2 Å². The molecule has 140 valence electrons. The number of carbonyl (C=O) groups excluding carboxylic acids is 1. The molecular formula is C22H24N2O3. The Bertz CT molecular complexity index is 911. The van der Waals surface area contributed by atoms with Gasteiger partial charge in [-0.2, -0.15) is 0 Å². The van der Waals surface area contributed by atoms with Gasteiger partial charge in [0.2, 0.25) is 0 Å². The summed E-state index contributed by atoms with van der Waals surface area (Å²) in [5.41, 5.74) is 2.58. The molecule has 0 aliphatic rings. The largest absolute Gasteiger partial charge is 0.497 e. The number of aromatic nitrogens is 1. The van der Waals surface area contributed by atoms with Crippen LogP contribution in [0.1, 0.15) is 22.3 Å². The SMILES string of the molecule is COCCCN(Cc1cccc(OC)c1)C(=O)c1ccc2ncccc2c1. The molecule has 0 saturated carbocycles. The Labute approximate surface area is 159 Å². The van der Waals surface area contributed by atoms with Gasteiger partial charge in [0.05, 0.1) is 12.6 Å². The van der Waals surface area contributed by atoms with Crippen molar-refractivity contribution in [1.82, 2.24) is 9.88 Å². The lowest BCUT2D eigenvalue weighted by Crippen LogP contribution is -2.32. The summed E-state index contributed by atoms with van der Waals surface area (Å²) in [6.45, 7) is 1.75. The number of hydrogen-bond donors (Lipinski definition) is 0. The van der Waals surface area contributed by atoms with E-state index in [-0.39, 0.29) is 5.91 Å². The Kier molecular flexibility index (Phi) is 6.39. The summed E-state index contributed by atoms with van der Waals surface area (Å²) in [4.78, 5) is 19.3. The Balaban J connectivity index is 1.84. The fourth-order valence-electron chi connectivity index (χ4n) is 3.03. The Hall–Kier alpha value is -2.92. The van der Waals surface area contributed by atoms with E-state index in [4.69, 9.17) is 9.47 Å². The van der Waals surface area contributed by atoms with E-state index in [2.05, 4.69) is 4.98 Å². The molecule has 1 amide bonds. The molecular weight excluding hydrogens is 340 g/mol. The summed E-state index contributed by atoms with van der Waals surface area (Å²) in [5, 5.41) is 0.960. The molecule has 0 atom stereocenters. The van der Waals surface area contributed by atoms with Gasteiger partial charge in [-0.1, -0.05) is 18.2 Å². The number of benzene rings is 2. The molecule has 0 N–H and O–H groups in total. The van der Waals surface area contributed by atoms with Gasteiger partial charge in [0.15, 0.2) is 0 Å². The van der Waals surface area contributed by atoms with Crippen molar-refractivity contribution in [1.29, 1.82) is 0 Å². The number of rotatable bonds is 8. The number of hydrogen-bond acceptors (Lipinski definition) is 4. The number of ether oxygens (including phenoxy) is 2. The van der Waals surface area contributed by atoms with Crippen LogP contribution in [0.3, 0.4) is 0 Å². The first-order chi connectivity index (χ1) is 13.2. The van der Waals surface area contributed by atoms with Crippen LogP contribution in [0.4, 0.5) is 0 Å².